The van der Waals surface area contributed by atoms with Crippen molar-refractivity contribution in [1.29, 1.82) is 0 Å². The summed E-state index contributed by atoms with van der Waals surface area (Å²) in [4.78, 5) is 19.7. The Morgan fingerprint density at radius 2 is 1.96 bits per heavy atom. The van der Waals surface area contributed by atoms with Crippen LogP contribution in [-0.2, 0) is 4.79 Å². The topological polar surface area (TPSA) is 78.8 Å². The Hall–Kier alpha value is -2.05. The third kappa shape index (κ3) is 4.52. The minimum atomic E-state index is 0.0336. The highest BCUT2D eigenvalue weighted by Crippen LogP contribution is 2.25. The minimum Gasteiger partial charge on any atom is -0.402 e. The summed E-state index contributed by atoms with van der Waals surface area (Å²) in [6.45, 7) is 4.37. The van der Waals surface area contributed by atoms with Crippen molar-refractivity contribution < 1.29 is 4.79 Å². The van der Waals surface area contributed by atoms with E-state index in [9.17, 15) is 4.79 Å². The second-order valence-electron chi connectivity index (χ2n) is 7.11. The Morgan fingerprint density at radius 3 is 2.56 bits per heavy atom. The second kappa shape index (κ2) is 7.89. The maximum absolute atomic E-state index is 13.1. The lowest BCUT2D eigenvalue weighted by molar-refractivity contribution is -0.132. The molecule has 1 atom stereocenters. The number of allylic oxidation sites excluding steroid dienone is 5. The van der Waals surface area contributed by atoms with Gasteiger partial charge < -0.3 is 21.3 Å². The first-order chi connectivity index (χ1) is 12.0. The number of amides is 1. The number of carbonyl (C=O) groups excluding carboxylic acids is 1. The number of likely N-dealkylation sites (N-methyl/N-ethyl adjacent to an activating group) is 1. The molecule has 1 unspecified atom stereocenters. The summed E-state index contributed by atoms with van der Waals surface area (Å²) < 4.78 is 0. The lowest BCUT2D eigenvalue weighted by Crippen LogP contribution is -2.50. The smallest absolute Gasteiger partial charge is 0.241 e. The van der Waals surface area contributed by atoms with Gasteiger partial charge in [-0.05, 0) is 44.5 Å². The standard InChI is InChI=1S/C19H29N5O/c1-22-10-12-23(13-11-22)14-19(25)24(17-6-2-15(20)3-7-17)18-8-4-16(21)5-9-18/h2-4,6,8,17H,5,7,9-14,20-21H2,1H3. The van der Waals surface area contributed by atoms with Gasteiger partial charge in [0.1, 0.15) is 0 Å². The highest BCUT2D eigenvalue weighted by Gasteiger charge is 2.28. The van der Waals surface area contributed by atoms with Crippen LogP contribution >= 0.6 is 0 Å². The molecule has 0 saturated carbocycles. The molecule has 4 N–H and O–H groups in total. The van der Waals surface area contributed by atoms with Gasteiger partial charge in [-0.15, -0.1) is 0 Å². The summed E-state index contributed by atoms with van der Waals surface area (Å²) in [6.07, 6.45) is 12.2. The fourth-order valence-electron chi connectivity index (χ4n) is 3.49. The summed E-state index contributed by atoms with van der Waals surface area (Å²) in [5, 5.41) is 0. The normalized spacial score (nSPS) is 25.2. The van der Waals surface area contributed by atoms with Crippen molar-refractivity contribution in [2.45, 2.75) is 25.3 Å². The van der Waals surface area contributed by atoms with Crippen molar-refractivity contribution >= 4 is 5.91 Å². The average Bonchev–Trinajstić information content (AvgIpc) is 2.60. The van der Waals surface area contributed by atoms with Crippen LogP contribution in [0.4, 0.5) is 0 Å². The van der Waals surface area contributed by atoms with Crippen LogP contribution in [0.5, 0.6) is 0 Å². The second-order valence-corrected chi connectivity index (χ2v) is 7.11. The van der Waals surface area contributed by atoms with Crippen LogP contribution in [-0.4, -0.2) is 66.4 Å². The zero-order valence-corrected chi connectivity index (χ0v) is 15.0. The van der Waals surface area contributed by atoms with E-state index in [2.05, 4.69) is 16.8 Å². The van der Waals surface area contributed by atoms with Crippen LogP contribution in [0.15, 0.2) is 47.5 Å². The molecule has 3 aliphatic rings. The molecule has 1 saturated heterocycles. The first-order valence-electron chi connectivity index (χ1n) is 9.05. The van der Waals surface area contributed by atoms with Crippen LogP contribution in [0, 0.1) is 0 Å². The van der Waals surface area contributed by atoms with Crippen LogP contribution < -0.4 is 11.5 Å². The molecule has 0 aromatic heterocycles. The highest BCUT2D eigenvalue weighted by atomic mass is 16.2. The molecule has 1 fully saturated rings. The van der Waals surface area contributed by atoms with Crippen LogP contribution in [0.2, 0.25) is 0 Å². The SMILES string of the molecule is CN1CCN(CC(=O)N(C2=CC=C(N)CC2)C2C=CC(N)=CC2)CC1. The molecule has 6 nitrogen and oxygen atoms in total. The molecular formula is C19H29N5O. The largest absolute Gasteiger partial charge is 0.402 e. The lowest BCUT2D eigenvalue weighted by Gasteiger charge is -2.37. The maximum Gasteiger partial charge on any atom is 0.241 e. The van der Waals surface area contributed by atoms with E-state index in [-0.39, 0.29) is 11.9 Å². The maximum atomic E-state index is 13.1. The highest BCUT2D eigenvalue weighted by molar-refractivity contribution is 5.81. The molecule has 1 heterocycles. The van der Waals surface area contributed by atoms with Crippen molar-refractivity contribution in [3.05, 3.63) is 47.5 Å². The Morgan fingerprint density at radius 1 is 1.20 bits per heavy atom. The molecule has 25 heavy (non-hydrogen) atoms. The molecule has 1 amide bonds. The van der Waals surface area contributed by atoms with E-state index in [4.69, 9.17) is 11.5 Å². The van der Waals surface area contributed by atoms with Gasteiger partial charge in [0, 0.05) is 43.3 Å². The van der Waals surface area contributed by atoms with Gasteiger partial charge in [0.25, 0.3) is 0 Å². The van der Waals surface area contributed by atoms with E-state index in [0.29, 0.717) is 6.54 Å². The van der Waals surface area contributed by atoms with E-state index in [1.807, 2.05) is 35.3 Å². The third-order valence-electron chi connectivity index (χ3n) is 5.13. The molecule has 0 radical (unpaired) electrons. The van der Waals surface area contributed by atoms with Gasteiger partial charge in [-0.2, -0.15) is 0 Å². The van der Waals surface area contributed by atoms with Gasteiger partial charge in [0.15, 0.2) is 0 Å². The van der Waals surface area contributed by atoms with E-state index in [1.54, 1.807) is 0 Å². The number of rotatable bonds is 4. The summed E-state index contributed by atoms with van der Waals surface area (Å²) in [5.74, 6) is 0.160. The summed E-state index contributed by atoms with van der Waals surface area (Å²) >= 11 is 0. The van der Waals surface area contributed by atoms with Crippen molar-refractivity contribution in [3.8, 4) is 0 Å². The quantitative estimate of drug-likeness (QED) is 0.788. The van der Waals surface area contributed by atoms with E-state index < -0.39 is 0 Å². The summed E-state index contributed by atoms with van der Waals surface area (Å²) in [7, 11) is 2.12. The van der Waals surface area contributed by atoms with Crippen LogP contribution in [0.3, 0.4) is 0 Å². The zero-order valence-electron chi connectivity index (χ0n) is 15.0. The fraction of sp³-hybridized carbons (Fsp3) is 0.526. The van der Waals surface area contributed by atoms with E-state index in [1.165, 1.54) is 0 Å². The van der Waals surface area contributed by atoms with Crippen molar-refractivity contribution in [1.82, 2.24) is 14.7 Å². The average molecular weight is 343 g/mol. The monoisotopic (exact) mass is 343 g/mol. The zero-order chi connectivity index (χ0) is 17.8. The number of hydrogen-bond acceptors (Lipinski definition) is 5. The van der Waals surface area contributed by atoms with Gasteiger partial charge in [-0.25, -0.2) is 0 Å². The number of nitrogens with two attached hydrogens (primary N) is 2. The van der Waals surface area contributed by atoms with Gasteiger partial charge in [-0.3, -0.25) is 9.69 Å². The Balaban J connectivity index is 1.74. The molecule has 136 valence electrons. The molecule has 0 bridgehead atoms. The molecule has 1 aliphatic heterocycles. The lowest BCUT2D eigenvalue weighted by atomic mass is 10.0. The molecule has 0 aromatic carbocycles. The molecule has 0 aromatic rings. The first kappa shape index (κ1) is 17.8. The third-order valence-corrected chi connectivity index (χ3v) is 5.13. The predicted molar refractivity (Wildman–Crippen MR) is 100 cm³/mol. The molecular weight excluding hydrogens is 314 g/mol. The first-order valence-corrected chi connectivity index (χ1v) is 9.05. The number of carbonyl (C=O) groups is 1. The molecule has 6 heteroatoms. The Kier molecular flexibility index (Phi) is 5.60. The van der Waals surface area contributed by atoms with Gasteiger partial charge in [0.05, 0.1) is 12.6 Å². The van der Waals surface area contributed by atoms with Gasteiger partial charge >= 0.3 is 0 Å². The Bertz CT molecular complexity index is 626. The van der Waals surface area contributed by atoms with Crippen LogP contribution in [0.25, 0.3) is 0 Å². The van der Waals surface area contributed by atoms with Crippen LogP contribution in [0.1, 0.15) is 19.3 Å². The fourth-order valence-corrected chi connectivity index (χ4v) is 3.49. The number of hydrogen-bond donors (Lipinski definition) is 2. The number of piperazine rings is 1. The Labute approximate surface area is 150 Å². The van der Waals surface area contributed by atoms with Crippen molar-refractivity contribution in [2.75, 3.05) is 39.8 Å². The predicted octanol–water partition coefficient (Wildman–Crippen LogP) is 0.754. The minimum absolute atomic E-state index is 0.0336. The number of nitrogens with zero attached hydrogens (tertiary/aromatic N) is 3. The summed E-state index contributed by atoms with van der Waals surface area (Å²) in [6, 6.07) is 0.0336. The van der Waals surface area contributed by atoms with Crippen molar-refractivity contribution in [3.63, 3.8) is 0 Å². The van der Waals surface area contributed by atoms with E-state index >= 15 is 0 Å². The summed E-state index contributed by atoms with van der Waals surface area (Å²) in [5.41, 5.74) is 14.4. The van der Waals surface area contributed by atoms with Crippen molar-refractivity contribution in [2.24, 2.45) is 11.5 Å². The van der Waals surface area contributed by atoms with Gasteiger partial charge in [-0.1, -0.05) is 12.2 Å². The molecule has 0 spiro atoms. The van der Waals surface area contributed by atoms with E-state index in [0.717, 1.165) is 62.5 Å². The molecule has 3 rings (SSSR count). The van der Waals surface area contributed by atoms with Gasteiger partial charge in [0.2, 0.25) is 5.91 Å². The molecule has 2 aliphatic carbocycles.